The summed E-state index contributed by atoms with van der Waals surface area (Å²) in [6.45, 7) is 3.92. The second kappa shape index (κ2) is 7.30. The monoisotopic (exact) mass is 381 g/mol. The first kappa shape index (κ1) is 18.5. The lowest BCUT2D eigenvalue weighted by molar-refractivity contribution is 0.624. The van der Waals surface area contributed by atoms with E-state index in [9.17, 15) is 9.59 Å². The summed E-state index contributed by atoms with van der Waals surface area (Å²) < 4.78 is 4.68. The van der Waals surface area contributed by atoms with Crippen LogP contribution in [0.1, 0.15) is 44.2 Å². The molecule has 1 atom stereocenters. The first-order valence-corrected chi connectivity index (χ1v) is 9.98. The minimum Gasteiger partial charge on any atom is -0.342 e. The van der Waals surface area contributed by atoms with Crippen LogP contribution in [0.2, 0.25) is 0 Å². The second-order valence-electron chi connectivity index (χ2n) is 7.65. The van der Waals surface area contributed by atoms with Crippen LogP contribution in [0.3, 0.4) is 0 Å². The first-order valence-electron chi connectivity index (χ1n) is 9.98. The third-order valence-electron chi connectivity index (χ3n) is 5.83. The maximum absolute atomic E-state index is 13.1. The molecule has 1 aliphatic rings. The molecule has 148 valence electrons. The molecule has 28 heavy (non-hydrogen) atoms. The number of imidazole rings is 1. The van der Waals surface area contributed by atoms with E-state index in [2.05, 4.69) is 24.0 Å². The molecule has 4 rings (SSSR count). The number of fused-ring (bicyclic) bond motifs is 1. The Bertz CT molecular complexity index is 1100. The number of aryl methyl sites for hydroxylation is 1. The van der Waals surface area contributed by atoms with E-state index in [0.29, 0.717) is 11.2 Å². The molecule has 3 heterocycles. The van der Waals surface area contributed by atoms with Crippen molar-refractivity contribution in [3.8, 4) is 0 Å². The van der Waals surface area contributed by atoms with Gasteiger partial charge >= 0.3 is 5.69 Å². The third kappa shape index (κ3) is 2.95. The Labute approximate surface area is 163 Å². The van der Waals surface area contributed by atoms with E-state index in [1.807, 2.05) is 22.8 Å². The summed E-state index contributed by atoms with van der Waals surface area (Å²) >= 11 is 0. The minimum atomic E-state index is -0.350. The highest BCUT2D eigenvalue weighted by Gasteiger charge is 2.26. The number of benzene rings is 1. The van der Waals surface area contributed by atoms with Crippen LogP contribution < -0.4 is 16.1 Å². The highest BCUT2D eigenvalue weighted by atomic mass is 16.2. The van der Waals surface area contributed by atoms with Gasteiger partial charge in [0, 0.05) is 27.2 Å². The summed E-state index contributed by atoms with van der Waals surface area (Å²) in [7, 11) is 3.21. The molecule has 2 aromatic heterocycles. The minimum absolute atomic E-state index is 0.0744. The van der Waals surface area contributed by atoms with Crippen molar-refractivity contribution in [1.82, 2.24) is 18.7 Å². The molecule has 0 radical (unpaired) electrons. The van der Waals surface area contributed by atoms with Crippen molar-refractivity contribution >= 4 is 17.1 Å². The number of anilines is 1. The summed E-state index contributed by atoms with van der Waals surface area (Å²) in [4.78, 5) is 32.6. The zero-order valence-corrected chi connectivity index (χ0v) is 16.8. The van der Waals surface area contributed by atoms with Crippen molar-refractivity contribution in [3.05, 3.63) is 56.7 Å². The number of aromatic nitrogens is 4. The van der Waals surface area contributed by atoms with Crippen molar-refractivity contribution in [3.63, 3.8) is 0 Å². The predicted octanol–water partition coefficient (Wildman–Crippen LogP) is 2.42. The van der Waals surface area contributed by atoms with Gasteiger partial charge < -0.3 is 4.90 Å². The van der Waals surface area contributed by atoms with Crippen molar-refractivity contribution in [2.75, 3.05) is 18.0 Å². The average molecular weight is 381 g/mol. The maximum atomic E-state index is 13.1. The third-order valence-corrected chi connectivity index (χ3v) is 5.83. The summed E-state index contributed by atoms with van der Waals surface area (Å²) in [5.74, 6) is 0.784. The van der Waals surface area contributed by atoms with Gasteiger partial charge in [-0.25, -0.2) is 4.79 Å². The van der Waals surface area contributed by atoms with Gasteiger partial charge in [0.2, 0.25) is 5.95 Å². The van der Waals surface area contributed by atoms with Crippen molar-refractivity contribution in [2.45, 2.75) is 38.6 Å². The second-order valence-corrected chi connectivity index (χ2v) is 7.65. The van der Waals surface area contributed by atoms with Gasteiger partial charge in [0.15, 0.2) is 11.2 Å². The van der Waals surface area contributed by atoms with Gasteiger partial charge in [0.25, 0.3) is 5.56 Å². The van der Waals surface area contributed by atoms with Crippen LogP contribution in [-0.4, -0.2) is 31.8 Å². The number of hydrogen-bond acceptors (Lipinski definition) is 4. The molecule has 0 spiro atoms. The lowest BCUT2D eigenvalue weighted by Gasteiger charge is -2.25. The topological polar surface area (TPSA) is 65.1 Å². The van der Waals surface area contributed by atoms with Crippen LogP contribution in [0.4, 0.5) is 5.95 Å². The highest BCUT2D eigenvalue weighted by molar-refractivity contribution is 5.75. The van der Waals surface area contributed by atoms with Gasteiger partial charge in [-0.15, -0.1) is 0 Å². The average Bonchev–Trinajstić information content (AvgIpc) is 2.91. The SMILES string of the molecule is C[C@H](c1ccccc1)n1c(N2CCCCCC2)nc2c1c(=O)n(C)c(=O)n2C. The zero-order chi connectivity index (χ0) is 19.8. The summed E-state index contributed by atoms with van der Waals surface area (Å²) in [5.41, 5.74) is 1.40. The Hall–Kier alpha value is -2.83. The Kier molecular flexibility index (Phi) is 4.83. The molecule has 0 bridgehead atoms. The van der Waals surface area contributed by atoms with Crippen molar-refractivity contribution in [1.29, 1.82) is 0 Å². The van der Waals surface area contributed by atoms with Gasteiger partial charge in [0.05, 0.1) is 6.04 Å². The van der Waals surface area contributed by atoms with Gasteiger partial charge in [-0.2, -0.15) is 4.98 Å². The number of hydrogen-bond donors (Lipinski definition) is 0. The Morgan fingerprint density at radius 1 is 0.929 bits per heavy atom. The molecule has 1 aliphatic heterocycles. The van der Waals surface area contributed by atoms with Crippen molar-refractivity contribution < 1.29 is 0 Å². The van der Waals surface area contributed by atoms with Crippen LogP contribution in [0.15, 0.2) is 39.9 Å². The Morgan fingerprint density at radius 2 is 1.57 bits per heavy atom. The van der Waals surface area contributed by atoms with Crippen LogP contribution in [0.5, 0.6) is 0 Å². The van der Waals surface area contributed by atoms with Gasteiger partial charge in [-0.05, 0) is 25.3 Å². The van der Waals surface area contributed by atoms with E-state index in [-0.39, 0.29) is 17.3 Å². The van der Waals surface area contributed by atoms with Gasteiger partial charge in [-0.1, -0.05) is 43.2 Å². The molecule has 1 aromatic carbocycles. The zero-order valence-electron chi connectivity index (χ0n) is 16.8. The van der Waals surface area contributed by atoms with Crippen LogP contribution in [-0.2, 0) is 14.1 Å². The molecule has 7 nitrogen and oxygen atoms in total. The quantitative estimate of drug-likeness (QED) is 0.699. The molecule has 3 aromatic rings. The predicted molar refractivity (Wildman–Crippen MR) is 111 cm³/mol. The van der Waals surface area contributed by atoms with Crippen LogP contribution >= 0.6 is 0 Å². The van der Waals surface area contributed by atoms with E-state index in [1.165, 1.54) is 29.0 Å². The normalized spacial score (nSPS) is 16.3. The van der Waals surface area contributed by atoms with Gasteiger partial charge in [-0.3, -0.25) is 18.5 Å². The molecule has 0 amide bonds. The van der Waals surface area contributed by atoms with Crippen LogP contribution in [0, 0.1) is 0 Å². The Balaban J connectivity index is 2.02. The number of nitrogens with zero attached hydrogens (tertiary/aromatic N) is 5. The maximum Gasteiger partial charge on any atom is 0.332 e. The molecule has 1 saturated heterocycles. The lowest BCUT2D eigenvalue weighted by atomic mass is 10.1. The van der Waals surface area contributed by atoms with E-state index >= 15 is 0 Å². The lowest BCUT2D eigenvalue weighted by Crippen LogP contribution is -2.38. The molecule has 0 unspecified atom stereocenters. The van der Waals surface area contributed by atoms with E-state index in [4.69, 9.17) is 4.98 Å². The standard InChI is InChI=1S/C21H27N5O2/c1-15(16-11-7-6-8-12-16)26-17-18(23(2)21(28)24(3)19(17)27)22-20(26)25-13-9-4-5-10-14-25/h6-8,11-12,15H,4-5,9-10,13-14H2,1-3H3/t15-/m1/s1. The molecular weight excluding hydrogens is 354 g/mol. The molecular formula is C21H27N5O2. The fraction of sp³-hybridized carbons (Fsp3) is 0.476. The fourth-order valence-corrected chi connectivity index (χ4v) is 4.14. The summed E-state index contributed by atoms with van der Waals surface area (Å²) in [5, 5.41) is 0. The van der Waals surface area contributed by atoms with Crippen molar-refractivity contribution in [2.24, 2.45) is 14.1 Å². The first-order chi connectivity index (χ1) is 13.5. The molecule has 7 heteroatoms. The Morgan fingerprint density at radius 3 is 2.21 bits per heavy atom. The smallest absolute Gasteiger partial charge is 0.332 e. The van der Waals surface area contributed by atoms with Crippen LogP contribution in [0.25, 0.3) is 11.2 Å². The fourth-order valence-electron chi connectivity index (χ4n) is 4.14. The summed E-state index contributed by atoms with van der Waals surface area (Å²) in [6, 6.07) is 10.1. The molecule has 0 aliphatic carbocycles. The molecule has 1 fully saturated rings. The number of rotatable bonds is 3. The molecule has 0 saturated carbocycles. The molecule has 0 N–H and O–H groups in total. The van der Waals surface area contributed by atoms with E-state index in [0.717, 1.165) is 37.4 Å². The van der Waals surface area contributed by atoms with E-state index < -0.39 is 0 Å². The summed E-state index contributed by atoms with van der Waals surface area (Å²) in [6.07, 6.45) is 4.65. The van der Waals surface area contributed by atoms with E-state index in [1.54, 1.807) is 7.05 Å². The van der Waals surface area contributed by atoms with Gasteiger partial charge in [0.1, 0.15) is 0 Å². The largest absolute Gasteiger partial charge is 0.342 e. The highest BCUT2D eigenvalue weighted by Crippen LogP contribution is 2.29.